The lowest BCUT2D eigenvalue weighted by molar-refractivity contribution is -0.119. The lowest BCUT2D eigenvalue weighted by atomic mass is 9.89. The van der Waals surface area contributed by atoms with Gasteiger partial charge in [-0.25, -0.2) is 14.4 Å². The number of carbonyl (C=O) groups excluding carboxylic acids is 5. The molecule has 0 bridgehead atoms. The van der Waals surface area contributed by atoms with Crippen LogP contribution in [-0.2, 0) is 19.1 Å². The minimum absolute atomic E-state index is 0.0331. The molecule has 1 aliphatic rings. The number of urea groups is 1. The molecule has 0 fully saturated rings. The van der Waals surface area contributed by atoms with Gasteiger partial charge in [-0.05, 0) is 34.1 Å². The Kier molecular flexibility index (Phi) is 13.7. The number of para-hydroxylation sites is 1. The van der Waals surface area contributed by atoms with Gasteiger partial charge in [-0.15, -0.1) is 23.2 Å². The highest BCUT2D eigenvalue weighted by Crippen LogP contribution is 2.26. The highest BCUT2D eigenvalue weighted by Gasteiger charge is 2.41. The fraction of sp³-hybridized carbons (Fsp3) is 0.435. The number of amides is 6. The van der Waals surface area contributed by atoms with Crippen LogP contribution in [0.2, 0.25) is 0 Å². The van der Waals surface area contributed by atoms with Crippen LogP contribution in [-0.4, -0.2) is 79.7 Å². The number of hydrogen-bond acceptors (Lipinski definition) is 7. The topological polar surface area (TPSA) is 190 Å². The van der Waals surface area contributed by atoms with Crippen molar-refractivity contribution in [3.8, 4) is 0 Å². The number of primary amides is 1. The number of alkyl halides is 2. The maximum Gasteiger partial charge on any atom is 0.407 e. The van der Waals surface area contributed by atoms with E-state index in [2.05, 4.69) is 42.5 Å². The molecule has 1 aliphatic carbocycles. The minimum Gasteiger partial charge on any atom is -0.442 e. The smallest absolute Gasteiger partial charge is 0.407 e. The summed E-state index contributed by atoms with van der Waals surface area (Å²) in [5, 5.41) is 12.7. The van der Waals surface area contributed by atoms with Crippen molar-refractivity contribution in [2.45, 2.75) is 31.1 Å². The predicted octanol–water partition coefficient (Wildman–Crippen LogP) is 1.93. The van der Waals surface area contributed by atoms with Crippen molar-refractivity contribution in [2.75, 3.05) is 36.7 Å². The monoisotopic (exact) mass is 650 g/mol. The van der Waals surface area contributed by atoms with E-state index in [-0.39, 0.29) is 49.8 Å². The molecule has 0 radical (unpaired) electrons. The van der Waals surface area contributed by atoms with E-state index < -0.39 is 48.3 Å². The second-order valence-corrected chi connectivity index (χ2v) is 9.63. The van der Waals surface area contributed by atoms with Gasteiger partial charge in [0.15, 0.2) is 6.10 Å². The quantitative estimate of drug-likeness (QED) is 0.186. The van der Waals surface area contributed by atoms with Gasteiger partial charge in [-0.2, -0.15) is 0 Å². The van der Waals surface area contributed by atoms with Crippen LogP contribution in [0.4, 0.5) is 20.1 Å². The molecule has 3 unspecified atom stereocenters. The fourth-order valence-corrected chi connectivity index (χ4v) is 3.99. The van der Waals surface area contributed by atoms with E-state index in [1.165, 1.54) is 6.08 Å². The molecule has 1 aromatic carbocycles. The number of alkyl carbamates (subject to hydrolysis) is 2. The first-order chi connectivity index (χ1) is 18.6. The summed E-state index contributed by atoms with van der Waals surface area (Å²) < 4.78 is 11.6. The van der Waals surface area contributed by atoms with Crippen molar-refractivity contribution in [1.82, 2.24) is 21.3 Å². The van der Waals surface area contributed by atoms with Crippen LogP contribution in [0.3, 0.4) is 0 Å². The van der Waals surface area contributed by atoms with E-state index in [1.54, 1.807) is 24.3 Å². The highest BCUT2D eigenvalue weighted by atomic mass is 79.9. The number of nitrogens with two attached hydrogens (primary N) is 1. The van der Waals surface area contributed by atoms with E-state index in [1.807, 2.05) is 0 Å². The Morgan fingerprint density at radius 1 is 0.949 bits per heavy atom. The molecule has 1 aromatic rings. The molecule has 0 spiro atoms. The lowest BCUT2D eigenvalue weighted by Gasteiger charge is -2.36. The van der Waals surface area contributed by atoms with E-state index in [4.69, 9.17) is 38.4 Å². The van der Waals surface area contributed by atoms with E-state index in [9.17, 15) is 24.0 Å². The molecule has 2 rings (SSSR count). The lowest BCUT2D eigenvalue weighted by Crippen LogP contribution is -2.56. The molecule has 3 atom stereocenters. The Bertz CT molecular complexity index is 1080. The number of hydrogen-bond donors (Lipinski definition) is 6. The van der Waals surface area contributed by atoms with Crippen LogP contribution in [0, 0.1) is 0 Å². The van der Waals surface area contributed by atoms with Gasteiger partial charge in [-0.1, -0.05) is 12.1 Å². The molecule has 39 heavy (non-hydrogen) atoms. The van der Waals surface area contributed by atoms with Crippen LogP contribution in [0.1, 0.15) is 12.8 Å². The second kappa shape index (κ2) is 16.7. The third-order valence-corrected chi connectivity index (χ3v) is 6.19. The number of nitrogens with one attached hydrogen (secondary N) is 5. The predicted molar refractivity (Wildman–Crippen MR) is 148 cm³/mol. The molecule has 0 aliphatic heterocycles. The van der Waals surface area contributed by atoms with Crippen molar-refractivity contribution in [2.24, 2.45) is 5.73 Å². The van der Waals surface area contributed by atoms with Gasteiger partial charge < -0.3 is 41.8 Å². The first-order valence-electron chi connectivity index (χ1n) is 11.7. The Balaban J connectivity index is 2.34. The van der Waals surface area contributed by atoms with Crippen molar-refractivity contribution >= 4 is 74.9 Å². The minimum atomic E-state index is -1.24. The molecule has 13 nitrogen and oxygen atoms in total. The second-order valence-electron chi connectivity index (χ2n) is 8.02. The SMILES string of the molecule is NC(=O)CCNC(=O)C1=CC(NC(=O)Nc2ccccc2Br)C(OC(=O)NCCCl)C(OC(=O)NCCCl)C1. The summed E-state index contributed by atoms with van der Waals surface area (Å²) in [4.78, 5) is 61.6. The van der Waals surface area contributed by atoms with Crippen LogP contribution >= 0.6 is 39.1 Å². The number of ether oxygens (including phenoxy) is 2. The summed E-state index contributed by atoms with van der Waals surface area (Å²) in [6.45, 7) is 0.161. The van der Waals surface area contributed by atoms with E-state index >= 15 is 0 Å². The summed E-state index contributed by atoms with van der Waals surface area (Å²) in [6.07, 6.45) is -3.07. The summed E-state index contributed by atoms with van der Waals surface area (Å²) in [6, 6.07) is 5.04. The summed E-state index contributed by atoms with van der Waals surface area (Å²) in [5.41, 5.74) is 5.69. The van der Waals surface area contributed by atoms with Crippen molar-refractivity contribution < 1.29 is 33.4 Å². The van der Waals surface area contributed by atoms with Crippen molar-refractivity contribution in [1.29, 1.82) is 0 Å². The zero-order valence-electron chi connectivity index (χ0n) is 20.6. The molecule has 0 saturated carbocycles. The van der Waals surface area contributed by atoms with Crippen LogP contribution in [0.25, 0.3) is 0 Å². The number of anilines is 1. The van der Waals surface area contributed by atoms with E-state index in [0.717, 1.165) is 0 Å². The maximum atomic E-state index is 12.9. The Labute approximate surface area is 243 Å². The van der Waals surface area contributed by atoms with Crippen molar-refractivity contribution in [3.63, 3.8) is 0 Å². The van der Waals surface area contributed by atoms with Gasteiger partial charge in [0.2, 0.25) is 11.8 Å². The van der Waals surface area contributed by atoms with Gasteiger partial charge in [0.1, 0.15) is 6.10 Å². The maximum absolute atomic E-state index is 12.9. The van der Waals surface area contributed by atoms with Gasteiger partial charge in [-0.3, -0.25) is 9.59 Å². The molecule has 6 amide bonds. The molecular formula is C23H29BrCl2N6O7. The Morgan fingerprint density at radius 3 is 2.21 bits per heavy atom. The molecule has 16 heteroatoms. The van der Waals surface area contributed by atoms with Crippen LogP contribution in [0.5, 0.6) is 0 Å². The number of carbonyl (C=O) groups is 5. The van der Waals surface area contributed by atoms with Crippen LogP contribution < -0.4 is 32.3 Å². The first-order valence-corrected chi connectivity index (χ1v) is 13.6. The molecule has 0 heterocycles. The van der Waals surface area contributed by atoms with E-state index in [0.29, 0.717) is 10.2 Å². The van der Waals surface area contributed by atoms with Crippen molar-refractivity contribution in [3.05, 3.63) is 40.4 Å². The van der Waals surface area contributed by atoms with Crippen LogP contribution in [0.15, 0.2) is 40.4 Å². The molecule has 7 N–H and O–H groups in total. The number of rotatable bonds is 12. The Hall–Kier alpha value is -3.23. The van der Waals surface area contributed by atoms with Gasteiger partial charge in [0.05, 0.1) is 11.7 Å². The molecule has 214 valence electrons. The average Bonchev–Trinajstić information content (AvgIpc) is 2.88. The fourth-order valence-electron chi connectivity index (χ4n) is 3.42. The average molecular weight is 652 g/mol. The molecular weight excluding hydrogens is 623 g/mol. The number of halogens is 3. The van der Waals surface area contributed by atoms with Gasteiger partial charge in [0, 0.05) is 54.3 Å². The standard InChI is InChI=1S/C23H29BrCl2N6O7/c24-14-3-1-2-4-15(14)31-21(35)32-16-11-13(20(34)28-8-5-18(27)33)12-17(38-22(36)29-9-6-25)19(16)39-23(37)30-10-7-26/h1-4,11,16-17,19H,5-10,12H2,(H2,27,33)(H,28,34)(H,29,36)(H,30,37)(H2,31,32,35). The van der Waals surface area contributed by atoms with Gasteiger partial charge in [0.25, 0.3) is 0 Å². The zero-order chi connectivity index (χ0) is 28.8. The first kappa shape index (κ1) is 32.0. The molecule has 0 saturated heterocycles. The Morgan fingerprint density at radius 2 is 1.59 bits per heavy atom. The van der Waals surface area contributed by atoms with Gasteiger partial charge >= 0.3 is 18.2 Å². The number of benzene rings is 1. The largest absolute Gasteiger partial charge is 0.442 e. The summed E-state index contributed by atoms with van der Waals surface area (Å²) in [7, 11) is 0. The zero-order valence-corrected chi connectivity index (χ0v) is 23.7. The highest BCUT2D eigenvalue weighted by molar-refractivity contribution is 9.10. The molecule has 0 aromatic heterocycles. The third kappa shape index (κ3) is 11.2. The third-order valence-electron chi connectivity index (χ3n) is 5.12. The summed E-state index contributed by atoms with van der Waals surface area (Å²) in [5.74, 6) is -0.960. The normalized spacial score (nSPS) is 18.1. The summed E-state index contributed by atoms with van der Waals surface area (Å²) >= 11 is 14.6.